The molecule has 0 saturated carbocycles. The largest absolute Gasteiger partial charge is 0.497 e. The quantitative estimate of drug-likeness (QED) is 0.574. The number of hydrogen-bond acceptors (Lipinski definition) is 5. The molecule has 0 atom stereocenters. The van der Waals surface area contributed by atoms with Gasteiger partial charge in [0.25, 0.3) is 0 Å². The molecule has 0 aliphatic rings. The second-order valence-corrected chi connectivity index (χ2v) is 7.94. The Labute approximate surface area is 162 Å². The zero-order valence-electron chi connectivity index (χ0n) is 14.9. The Morgan fingerprint density at radius 3 is 2.58 bits per heavy atom. The molecule has 0 amide bonds. The van der Waals surface area contributed by atoms with E-state index in [0.29, 0.717) is 16.8 Å². The van der Waals surface area contributed by atoms with Crippen LogP contribution in [0.15, 0.2) is 53.7 Å². The predicted octanol–water partition coefficient (Wildman–Crippen LogP) is 5.04. The fraction of sp³-hybridized carbons (Fsp3) is 0.263. The van der Waals surface area contributed by atoms with Crippen LogP contribution in [0.25, 0.3) is 5.69 Å². The summed E-state index contributed by atoms with van der Waals surface area (Å²) in [6.07, 6.45) is 0. The SMILES string of the molecule is COc1ccc(-n2c(CNc3cccc(Cl)c3)nnc2SC(C)C)cc1. The number of methoxy groups -OCH3 is 1. The van der Waals surface area contributed by atoms with Crippen molar-refractivity contribution in [2.24, 2.45) is 0 Å². The van der Waals surface area contributed by atoms with Crippen LogP contribution < -0.4 is 10.1 Å². The molecule has 2 aromatic carbocycles. The average molecular weight is 389 g/mol. The molecule has 136 valence electrons. The number of aromatic nitrogens is 3. The molecular formula is C19H21ClN4OS. The number of ether oxygens (including phenoxy) is 1. The van der Waals surface area contributed by atoms with Crippen molar-refractivity contribution in [3.63, 3.8) is 0 Å². The minimum absolute atomic E-state index is 0.407. The van der Waals surface area contributed by atoms with Gasteiger partial charge in [-0.1, -0.05) is 43.3 Å². The third kappa shape index (κ3) is 4.51. The minimum Gasteiger partial charge on any atom is -0.497 e. The number of nitrogens with zero attached hydrogens (tertiary/aromatic N) is 3. The lowest BCUT2D eigenvalue weighted by Crippen LogP contribution is -2.09. The average Bonchev–Trinajstić information content (AvgIpc) is 3.02. The molecule has 3 rings (SSSR count). The van der Waals surface area contributed by atoms with E-state index >= 15 is 0 Å². The van der Waals surface area contributed by atoms with Gasteiger partial charge in [0.2, 0.25) is 0 Å². The van der Waals surface area contributed by atoms with Crippen LogP contribution in [0, 0.1) is 0 Å². The van der Waals surface area contributed by atoms with Crippen LogP contribution in [0.1, 0.15) is 19.7 Å². The van der Waals surface area contributed by atoms with Gasteiger partial charge >= 0.3 is 0 Å². The van der Waals surface area contributed by atoms with Crippen molar-refractivity contribution < 1.29 is 4.74 Å². The third-order valence-electron chi connectivity index (χ3n) is 3.65. The van der Waals surface area contributed by atoms with Gasteiger partial charge in [0, 0.05) is 21.6 Å². The smallest absolute Gasteiger partial charge is 0.196 e. The summed E-state index contributed by atoms with van der Waals surface area (Å²) in [6.45, 7) is 4.82. The molecule has 0 aliphatic carbocycles. The van der Waals surface area contributed by atoms with E-state index < -0.39 is 0 Å². The summed E-state index contributed by atoms with van der Waals surface area (Å²) in [6, 6.07) is 15.5. The fourth-order valence-electron chi connectivity index (χ4n) is 2.47. The van der Waals surface area contributed by atoms with E-state index in [1.165, 1.54) is 0 Å². The lowest BCUT2D eigenvalue weighted by Gasteiger charge is -2.13. The number of nitrogens with one attached hydrogen (secondary N) is 1. The monoisotopic (exact) mass is 388 g/mol. The molecule has 0 spiro atoms. The maximum Gasteiger partial charge on any atom is 0.196 e. The standard InChI is InChI=1S/C19H21ClN4OS/c1-13(2)26-19-23-22-18(12-21-15-6-4-5-14(20)11-15)24(19)16-7-9-17(25-3)10-8-16/h4-11,13,21H,12H2,1-3H3. The molecule has 0 aliphatic heterocycles. The molecule has 0 radical (unpaired) electrons. The summed E-state index contributed by atoms with van der Waals surface area (Å²) in [7, 11) is 1.66. The van der Waals surface area contributed by atoms with Crippen molar-refractivity contribution in [2.45, 2.75) is 30.8 Å². The Bertz CT molecular complexity index is 864. The number of rotatable bonds is 7. The molecule has 26 heavy (non-hydrogen) atoms. The number of hydrogen-bond donors (Lipinski definition) is 1. The summed E-state index contributed by atoms with van der Waals surface area (Å²) in [5.41, 5.74) is 1.95. The highest BCUT2D eigenvalue weighted by atomic mass is 35.5. The molecule has 0 unspecified atom stereocenters. The maximum atomic E-state index is 6.06. The molecule has 0 fully saturated rings. The van der Waals surface area contributed by atoms with Gasteiger partial charge in [-0.05, 0) is 42.5 Å². The zero-order valence-corrected chi connectivity index (χ0v) is 16.5. The van der Waals surface area contributed by atoms with Gasteiger partial charge in [-0.3, -0.25) is 4.57 Å². The van der Waals surface area contributed by atoms with Crippen molar-refractivity contribution in [3.05, 3.63) is 59.4 Å². The van der Waals surface area contributed by atoms with Gasteiger partial charge in [-0.25, -0.2) is 0 Å². The number of anilines is 1. The second-order valence-electron chi connectivity index (χ2n) is 5.96. The Balaban J connectivity index is 1.90. The van der Waals surface area contributed by atoms with Crippen LogP contribution in [-0.2, 0) is 6.54 Å². The molecule has 3 aromatic rings. The Morgan fingerprint density at radius 2 is 1.92 bits per heavy atom. The topological polar surface area (TPSA) is 52.0 Å². The van der Waals surface area contributed by atoms with Gasteiger partial charge in [-0.15, -0.1) is 10.2 Å². The first kappa shape index (κ1) is 18.6. The highest BCUT2D eigenvalue weighted by Gasteiger charge is 2.15. The first-order valence-corrected chi connectivity index (χ1v) is 9.57. The van der Waals surface area contributed by atoms with Crippen LogP contribution in [-0.4, -0.2) is 27.1 Å². The summed E-state index contributed by atoms with van der Waals surface area (Å²) < 4.78 is 7.33. The lowest BCUT2D eigenvalue weighted by atomic mass is 10.3. The van der Waals surface area contributed by atoms with Gasteiger partial charge < -0.3 is 10.1 Å². The van der Waals surface area contributed by atoms with E-state index in [2.05, 4.69) is 33.9 Å². The Hall–Kier alpha value is -2.18. The minimum atomic E-state index is 0.407. The molecule has 5 nitrogen and oxygen atoms in total. The molecular weight excluding hydrogens is 368 g/mol. The summed E-state index contributed by atoms with van der Waals surface area (Å²) in [5.74, 6) is 1.65. The van der Waals surface area contributed by atoms with E-state index in [4.69, 9.17) is 16.3 Å². The van der Waals surface area contributed by atoms with E-state index in [0.717, 1.165) is 28.1 Å². The number of halogens is 1. The molecule has 0 bridgehead atoms. The highest BCUT2D eigenvalue weighted by molar-refractivity contribution is 7.99. The number of thioether (sulfide) groups is 1. The number of benzene rings is 2. The van der Waals surface area contributed by atoms with Crippen molar-refractivity contribution in [3.8, 4) is 11.4 Å². The van der Waals surface area contributed by atoms with Crippen LogP contribution in [0.4, 0.5) is 5.69 Å². The van der Waals surface area contributed by atoms with Gasteiger partial charge in [0.05, 0.1) is 13.7 Å². The van der Waals surface area contributed by atoms with E-state index in [-0.39, 0.29) is 0 Å². The van der Waals surface area contributed by atoms with E-state index in [9.17, 15) is 0 Å². The van der Waals surface area contributed by atoms with Crippen LogP contribution in [0.3, 0.4) is 0 Å². The Morgan fingerprint density at radius 1 is 1.15 bits per heavy atom. The van der Waals surface area contributed by atoms with Crippen LogP contribution in [0.2, 0.25) is 5.02 Å². The van der Waals surface area contributed by atoms with Gasteiger partial charge in [-0.2, -0.15) is 0 Å². The van der Waals surface area contributed by atoms with Crippen molar-refractivity contribution in [1.82, 2.24) is 14.8 Å². The normalized spacial score (nSPS) is 11.0. The maximum absolute atomic E-state index is 6.06. The lowest BCUT2D eigenvalue weighted by molar-refractivity contribution is 0.414. The summed E-state index contributed by atoms with van der Waals surface area (Å²) in [5, 5.41) is 14.1. The van der Waals surface area contributed by atoms with Crippen LogP contribution >= 0.6 is 23.4 Å². The molecule has 7 heteroatoms. The fourth-order valence-corrected chi connectivity index (χ4v) is 3.49. The van der Waals surface area contributed by atoms with E-state index in [1.807, 2.05) is 48.5 Å². The Kier molecular flexibility index (Phi) is 6.06. The molecule has 1 heterocycles. The first-order valence-electron chi connectivity index (χ1n) is 8.31. The summed E-state index contributed by atoms with van der Waals surface area (Å²) in [4.78, 5) is 0. The molecule has 1 N–H and O–H groups in total. The van der Waals surface area contributed by atoms with Crippen molar-refractivity contribution >= 4 is 29.1 Å². The van der Waals surface area contributed by atoms with Crippen LogP contribution in [0.5, 0.6) is 5.75 Å². The molecule has 0 saturated heterocycles. The zero-order chi connectivity index (χ0) is 18.5. The second kappa shape index (κ2) is 8.47. The van der Waals surface area contributed by atoms with Crippen molar-refractivity contribution in [1.29, 1.82) is 0 Å². The van der Waals surface area contributed by atoms with Crippen molar-refractivity contribution in [2.75, 3.05) is 12.4 Å². The summed E-state index contributed by atoms with van der Waals surface area (Å²) >= 11 is 7.74. The van der Waals surface area contributed by atoms with Gasteiger partial charge in [0.1, 0.15) is 5.75 Å². The van der Waals surface area contributed by atoms with Gasteiger partial charge in [0.15, 0.2) is 11.0 Å². The van der Waals surface area contributed by atoms with E-state index in [1.54, 1.807) is 18.9 Å². The third-order valence-corrected chi connectivity index (χ3v) is 4.83. The first-order chi connectivity index (χ1) is 12.6. The highest BCUT2D eigenvalue weighted by Crippen LogP contribution is 2.27. The predicted molar refractivity (Wildman–Crippen MR) is 108 cm³/mol. The molecule has 1 aromatic heterocycles.